The van der Waals surface area contributed by atoms with Gasteiger partial charge >= 0.3 is 5.97 Å². The van der Waals surface area contributed by atoms with E-state index in [1.807, 2.05) is 37.3 Å². The van der Waals surface area contributed by atoms with Crippen molar-refractivity contribution in [1.82, 2.24) is 4.90 Å². The van der Waals surface area contributed by atoms with Gasteiger partial charge in [-0.1, -0.05) is 29.8 Å². The molecular formula is C28H37ClFNO4. The summed E-state index contributed by atoms with van der Waals surface area (Å²) in [5.74, 6) is -0.408. The van der Waals surface area contributed by atoms with Crippen molar-refractivity contribution >= 4 is 17.6 Å². The summed E-state index contributed by atoms with van der Waals surface area (Å²) in [7, 11) is 0. The molecule has 0 radical (unpaired) electrons. The zero-order valence-corrected chi connectivity index (χ0v) is 21.7. The first kappa shape index (κ1) is 27.6. The molecule has 1 heterocycles. The Morgan fingerprint density at radius 3 is 2.83 bits per heavy atom. The van der Waals surface area contributed by atoms with E-state index in [9.17, 15) is 14.3 Å². The van der Waals surface area contributed by atoms with Gasteiger partial charge in [0.25, 0.3) is 0 Å². The Morgan fingerprint density at radius 2 is 2.09 bits per heavy atom. The Balaban J connectivity index is 1.53. The molecule has 5 nitrogen and oxygen atoms in total. The number of rotatable bonds is 12. The smallest absolute Gasteiger partial charge is 0.306 e. The normalized spacial score (nSPS) is 17.9. The summed E-state index contributed by atoms with van der Waals surface area (Å²) in [6.45, 7) is 7.49. The Labute approximate surface area is 213 Å². The van der Waals surface area contributed by atoms with Crippen LogP contribution in [0.5, 0.6) is 0 Å². The van der Waals surface area contributed by atoms with Crippen molar-refractivity contribution in [1.29, 1.82) is 0 Å². The summed E-state index contributed by atoms with van der Waals surface area (Å²) in [5.41, 5.74) is 3.54. The standard InChI is InChI=1S/C28H37ClFNO4/c1-4-34-28(33)12-9-22-16-23(29)10-11-26(22)20(3)35-18-25(32)17-31-13-5-6-24(31)14-21-8-7-19(2)27(30)15-21/h7-8,10-11,15-16,20,24-25,32H,4-6,9,12-14,17-18H2,1-3H3/t20-,24+,25-/m1/s1. The SMILES string of the molecule is CCOC(=O)CCc1cc(Cl)ccc1[C@@H](C)OC[C@H](O)CN1CCC[C@H]1Cc1ccc(C)c(F)c1. The number of hydrogen-bond donors (Lipinski definition) is 1. The third kappa shape index (κ3) is 8.28. The minimum absolute atomic E-state index is 0.168. The van der Waals surface area contributed by atoms with Crippen LogP contribution in [0.25, 0.3) is 0 Å². The summed E-state index contributed by atoms with van der Waals surface area (Å²) >= 11 is 6.19. The average Bonchev–Trinajstić information content (AvgIpc) is 3.25. The fourth-order valence-corrected chi connectivity index (χ4v) is 4.92. The molecule has 192 valence electrons. The molecule has 1 fully saturated rings. The van der Waals surface area contributed by atoms with Gasteiger partial charge in [-0.25, -0.2) is 4.39 Å². The molecule has 0 spiro atoms. The van der Waals surface area contributed by atoms with Gasteiger partial charge in [0.05, 0.1) is 25.4 Å². The number of aliphatic hydroxyl groups excluding tert-OH is 1. The van der Waals surface area contributed by atoms with Crippen molar-refractivity contribution in [2.75, 3.05) is 26.3 Å². The molecule has 2 aromatic carbocycles. The number of β-amino-alcohol motifs (C(OH)–C–C–N with tert-alkyl or cyclic N) is 1. The second-order valence-corrected chi connectivity index (χ2v) is 9.79. The van der Waals surface area contributed by atoms with Gasteiger partial charge in [-0.2, -0.15) is 0 Å². The van der Waals surface area contributed by atoms with E-state index in [0.717, 1.165) is 42.5 Å². The van der Waals surface area contributed by atoms with Crippen molar-refractivity contribution in [3.63, 3.8) is 0 Å². The van der Waals surface area contributed by atoms with Crippen LogP contribution < -0.4 is 0 Å². The number of halogens is 2. The fourth-order valence-electron chi connectivity index (χ4n) is 4.73. The van der Waals surface area contributed by atoms with Crippen LogP contribution in [0.4, 0.5) is 4.39 Å². The largest absolute Gasteiger partial charge is 0.466 e. The molecule has 0 aromatic heterocycles. The van der Waals surface area contributed by atoms with Gasteiger partial charge in [0.15, 0.2) is 0 Å². The molecule has 1 aliphatic rings. The Morgan fingerprint density at radius 1 is 1.29 bits per heavy atom. The molecule has 1 aliphatic heterocycles. The summed E-state index contributed by atoms with van der Waals surface area (Å²) in [4.78, 5) is 14.1. The van der Waals surface area contributed by atoms with Crippen LogP contribution in [0.2, 0.25) is 5.02 Å². The first-order valence-corrected chi connectivity index (χ1v) is 12.9. The molecule has 0 aliphatic carbocycles. The van der Waals surface area contributed by atoms with Crippen molar-refractivity contribution in [3.8, 4) is 0 Å². The molecule has 2 aromatic rings. The highest BCUT2D eigenvalue weighted by Gasteiger charge is 2.27. The highest BCUT2D eigenvalue weighted by atomic mass is 35.5. The van der Waals surface area contributed by atoms with Crippen LogP contribution in [0.1, 0.15) is 61.5 Å². The molecule has 7 heteroatoms. The number of likely N-dealkylation sites (tertiary alicyclic amines) is 1. The maximum Gasteiger partial charge on any atom is 0.306 e. The number of aliphatic hydroxyl groups is 1. The summed E-state index contributed by atoms with van der Waals surface area (Å²) in [5, 5.41) is 11.3. The molecular weight excluding hydrogens is 469 g/mol. The number of esters is 1. The van der Waals surface area contributed by atoms with Gasteiger partial charge in [0.1, 0.15) is 5.82 Å². The topological polar surface area (TPSA) is 59.0 Å². The summed E-state index contributed by atoms with van der Waals surface area (Å²) in [6, 6.07) is 11.3. The van der Waals surface area contributed by atoms with Crippen LogP contribution in [0, 0.1) is 12.7 Å². The van der Waals surface area contributed by atoms with E-state index < -0.39 is 6.10 Å². The van der Waals surface area contributed by atoms with Gasteiger partial charge in [0.2, 0.25) is 0 Å². The molecule has 0 saturated carbocycles. The number of nitrogens with zero attached hydrogens (tertiary/aromatic N) is 1. The van der Waals surface area contributed by atoms with Crippen LogP contribution in [-0.2, 0) is 27.1 Å². The molecule has 0 bridgehead atoms. The lowest BCUT2D eigenvalue weighted by Crippen LogP contribution is -2.39. The van der Waals surface area contributed by atoms with E-state index in [2.05, 4.69) is 4.90 Å². The van der Waals surface area contributed by atoms with Crippen LogP contribution in [-0.4, -0.2) is 54.4 Å². The van der Waals surface area contributed by atoms with Crippen LogP contribution in [0.3, 0.4) is 0 Å². The second-order valence-electron chi connectivity index (χ2n) is 9.36. The number of benzene rings is 2. The third-order valence-corrected chi connectivity index (χ3v) is 6.87. The number of aryl methyl sites for hydroxylation is 2. The van der Waals surface area contributed by atoms with E-state index in [1.165, 1.54) is 0 Å². The van der Waals surface area contributed by atoms with Gasteiger partial charge in [0, 0.05) is 24.0 Å². The Hall–Kier alpha value is -1.99. The van der Waals surface area contributed by atoms with Crippen molar-refractivity contribution in [2.24, 2.45) is 0 Å². The lowest BCUT2D eigenvalue weighted by atomic mass is 9.99. The molecule has 3 atom stereocenters. The maximum absolute atomic E-state index is 13.9. The molecule has 35 heavy (non-hydrogen) atoms. The van der Waals surface area contributed by atoms with Crippen molar-refractivity contribution < 1.29 is 23.8 Å². The Kier molecular flexibility index (Phi) is 10.5. The highest BCUT2D eigenvalue weighted by Crippen LogP contribution is 2.27. The molecule has 1 N–H and O–H groups in total. The zero-order valence-electron chi connectivity index (χ0n) is 20.9. The predicted octanol–water partition coefficient (Wildman–Crippen LogP) is 5.43. The number of hydrogen-bond acceptors (Lipinski definition) is 5. The fraction of sp³-hybridized carbons (Fsp3) is 0.536. The third-order valence-electron chi connectivity index (χ3n) is 6.64. The van der Waals surface area contributed by atoms with E-state index in [1.54, 1.807) is 19.9 Å². The van der Waals surface area contributed by atoms with Gasteiger partial charge in [-0.3, -0.25) is 9.69 Å². The summed E-state index contributed by atoms with van der Waals surface area (Å²) in [6.07, 6.45) is 2.77. The first-order valence-electron chi connectivity index (χ1n) is 12.5. The first-order chi connectivity index (χ1) is 16.8. The van der Waals surface area contributed by atoms with Crippen molar-refractivity contribution in [3.05, 3.63) is 69.5 Å². The highest BCUT2D eigenvalue weighted by molar-refractivity contribution is 6.30. The predicted molar refractivity (Wildman–Crippen MR) is 136 cm³/mol. The lowest BCUT2D eigenvalue weighted by Gasteiger charge is -2.28. The quantitative estimate of drug-likeness (QED) is 0.390. The number of carbonyl (C=O) groups excluding carboxylic acids is 1. The van der Waals surface area contributed by atoms with E-state index >= 15 is 0 Å². The molecule has 0 amide bonds. The number of carbonyl (C=O) groups is 1. The van der Waals surface area contributed by atoms with E-state index in [-0.39, 0.29) is 37.0 Å². The van der Waals surface area contributed by atoms with Crippen molar-refractivity contribution in [2.45, 2.75) is 71.1 Å². The molecule has 1 saturated heterocycles. The van der Waals surface area contributed by atoms with Gasteiger partial charge < -0.3 is 14.6 Å². The molecule has 0 unspecified atom stereocenters. The average molecular weight is 506 g/mol. The zero-order chi connectivity index (χ0) is 25.4. The minimum Gasteiger partial charge on any atom is -0.466 e. The van der Waals surface area contributed by atoms with Gasteiger partial charge in [-0.05, 0) is 93.5 Å². The van der Waals surface area contributed by atoms with Gasteiger partial charge in [-0.15, -0.1) is 0 Å². The lowest BCUT2D eigenvalue weighted by molar-refractivity contribution is -0.143. The molecule has 3 rings (SSSR count). The number of ether oxygens (including phenoxy) is 2. The minimum atomic E-state index is -0.636. The monoisotopic (exact) mass is 505 g/mol. The van der Waals surface area contributed by atoms with E-state index in [0.29, 0.717) is 30.2 Å². The summed E-state index contributed by atoms with van der Waals surface area (Å²) < 4.78 is 25.0. The van der Waals surface area contributed by atoms with Crippen LogP contribution in [0.15, 0.2) is 36.4 Å². The maximum atomic E-state index is 13.9. The Bertz CT molecular complexity index is 985. The van der Waals surface area contributed by atoms with Crippen LogP contribution >= 0.6 is 11.6 Å². The second kappa shape index (κ2) is 13.4. The van der Waals surface area contributed by atoms with E-state index in [4.69, 9.17) is 21.1 Å².